The first-order chi connectivity index (χ1) is 4.46. The number of hydrogen-bond acceptors (Lipinski definition) is 2. The number of rotatable bonds is 3. The molecule has 0 aliphatic heterocycles. The second-order valence-electron chi connectivity index (χ2n) is 2.60. The van der Waals surface area contributed by atoms with Crippen LogP contribution in [0.2, 0.25) is 0 Å². The van der Waals surface area contributed by atoms with Crippen LogP contribution in [-0.4, -0.2) is 17.1 Å². The number of carbonyl (C=O) groups is 1. The molecule has 0 aromatic heterocycles. The van der Waals surface area contributed by atoms with Crippen LogP contribution in [0.3, 0.4) is 0 Å². The number of nitrogens with two attached hydrogens (primary N) is 1. The molecule has 0 heterocycles. The minimum Gasteiger partial charge on any atom is -0.478 e. The maximum atomic E-state index is 10.3. The molecule has 0 fully saturated rings. The van der Waals surface area contributed by atoms with Crippen molar-refractivity contribution in [3.8, 4) is 0 Å². The Balaban J connectivity index is 4.08. The van der Waals surface area contributed by atoms with E-state index in [4.69, 9.17) is 10.8 Å². The summed E-state index contributed by atoms with van der Waals surface area (Å²) >= 11 is 0. The van der Waals surface area contributed by atoms with Gasteiger partial charge in [0.05, 0.1) is 0 Å². The Morgan fingerprint density at radius 2 is 2.00 bits per heavy atom. The third kappa shape index (κ3) is 2.19. The summed E-state index contributed by atoms with van der Waals surface area (Å²) in [6.45, 7) is 7.07. The van der Waals surface area contributed by atoms with Crippen LogP contribution in [0, 0.1) is 5.92 Å². The Morgan fingerprint density at radius 3 is 2.10 bits per heavy atom. The molecule has 3 N–H and O–H groups in total. The summed E-state index contributed by atoms with van der Waals surface area (Å²) in [5.41, 5.74) is 5.56. The molecule has 0 amide bonds. The zero-order valence-corrected chi connectivity index (χ0v) is 6.29. The van der Waals surface area contributed by atoms with Crippen LogP contribution >= 0.6 is 0 Å². The summed E-state index contributed by atoms with van der Waals surface area (Å²) in [4.78, 5) is 10.3. The van der Waals surface area contributed by atoms with E-state index in [-0.39, 0.29) is 11.5 Å². The Hall–Kier alpha value is -0.830. The second-order valence-corrected chi connectivity index (χ2v) is 2.60. The highest BCUT2D eigenvalue weighted by Gasteiger charge is 2.16. The summed E-state index contributed by atoms with van der Waals surface area (Å²) in [5.74, 6) is -0.884. The van der Waals surface area contributed by atoms with Gasteiger partial charge in [-0.3, -0.25) is 0 Å². The smallest absolute Gasteiger partial charge is 0.332 e. The highest BCUT2D eigenvalue weighted by Crippen LogP contribution is 2.06. The average Bonchev–Trinajstić information content (AvgIpc) is 1.84. The van der Waals surface area contributed by atoms with Crippen LogP contribution in [0.25, 0.3) is 0 Å². The third-order valence-corrected chi connectivity index (χ3v) is 1.40. The third-order valence-electron chi connectivity index (χ3n) is 1.40. The highest BCUT2D eigenvalue weighted by molar-refractivity contribution is 5.87. The zero-order valence-electron chi connectivity index (χ0n) is 6.29. The van der Waals surface area contributed by atoms with Gasteiger partial charge in [-0.1, -0.05) is 20.4 Å². The first-order valence-corrected chi connectivity index (χ1v) is 3.14. The highest BCUT2D eigenvalue weighted by atomic mass is 16.4. The largest absolute Gasteiger partial charge is 0.478 e. The van der Waals surface area contributed by atoms with Gasteiger partial charge in [0.25, 0.3) is 0 Å². The number of carboxylic acids is 1. The molecule has 0 aliphatic carbocycles. The van der Waals surface area contributed by atoms with Crippen molar-refractivity contribution in [1.29, 1.82) is 0 Å². The lowest BCUT2D eigenvalue weighted by molar-refractivity contribution is -0.133. The minimum absolute atomic E-state index is 0.0787. The lowest BCUT2D eigenvalue weighted by atomic mass is 9.98. The molecule has 10 heavy (non-hydrogen) atoms. The lowest BCUT2D eigenvalue weighted by Crippen LogP contribution is -2.31. The standard InChI is InChI=1S/C7H13NO2/c1-4(2)6(8)5(3)7(9)10/h4,6H,3,8H2,1-2H3,(H,9,10). The van der Waals surface area contributed by atoms with Gasteiger partial charge >= 0.3 is 5.97 Å². The van der Waals surface area contributed by atoms with E-state index in [1.165, 1.54) is 0 Å². The molecular formula is C7H13NO2. The van der Waals surface area contributed by atoms with Gasteiger partial charge in [-0.15, -0.1) is 0 Å². The van der Waals surface area contributed by atoms with Crippen molar-refractivity contribution in [2.45, 2.75) is 19.9 Å². The van der Waals surface area contributed by atoms with Crippen LogP contribution in [0.5, 0.6) is 0 Å². The van der Waals surface area contributed by atoms with Crippen molar-refractivity contribution < 1.29 is 9.90 Å². The molecule has 3 heteroatoms. The van der Waals surface area contributed by atoms with Crippen molar-refractivity contribution in [2.24, 2.45) is 11.7 Å². The molecule has 0 aromatic rings. The van der Waals surface area contributed by atoms with E-state index in [0.29, 0.717) is 0 Å². The Bertz CT molecular complexity index is 152. The van der Waals surface area contributed by atoms with E-state index in [1.807, 2.05) is 13.8 Å². The van der Waals surface area contributed by atoms with E-state index < -0.39 is 12.0 Å². The molecule has 0 saturated heterocycles. The van der Waals surface area contributed by atoms with E-state index in [9.17, 15) is 4.79 Å². The zero-order chi connectivity index (χ0) is 8.31. The van der Waals surface area contributed by atoms with Crippen LogP contribution in [0.4, 0.5) is 0 Å². The van der Waals surface area contributed by atoms with Gasteiger partial charge in [0.1, 0.15) is 0 Å². The molecule has 3 nitrogen and oxygen atoms in total. The van der Waals surface area contributed by atoms with Crippen LogP contribution in [-0.2, 0) is 4.79 Å². The van der Waals surface area contributed by atoms with E-state index >= 15 is 0 Å². The fourth-order valence-electron chi connectivity index (χ4n) is 0.545. The second kappa shape index (κ2) is 3.37. The van der Waals surface area contributed by atoms with Gasteiger partial charge in [-0.25, -0.2) is 4.79 Å². The molecule has 58 valence electrons. The molecule has 0 radical (unpaired) electrons. The van der Waals surface area contributed by atoms with Gasteiger partial charge in [-0.2, -0.15) is 0 Å². The molecule has 0 spiro atoms. The average molecular weight is 143 g/mol. The topological polar surface area (TPSA) is 63.3 Å². The molecule has 0 aromatic carbocycles. The lowest BCUT2D eigenvalue weighted by Gasteiger charge is -2.14. The van der Waals surface area contributed by atoms with Crippen molar-refractivity contribution in [1.82, 2.24) is 0 Å². The number of carboxylic acid groups (broad SMARTS) is 1. The van der Waals surface area contributed by atoms with Crippen LogP contribution in [0.15, 0.2) is 12.2 Å². The monoisotopic (exact) mass is 143 g/mol. The van der Waals surface area contributed by atoms with Crippen molar-refractivity contribution in [3.05, 3.63) is 12.2 Å². The van der Waals surface area contributed by atoms with E-state index in [0.717, 1.165) is 0 Å². The van der Waals surface area contributed by atoms with E-state index in [1.54, 1.807) is 0 Å². The summed E-state index contributed by atoms with van der Waals surface area (Å²) in [6, 6.07) is -0.433. The minimum atomic E-state index is -1.01. The maximum absolute atomic E-state index is 10.3. The first-order valence-electron chi connectivity index (χ1n) is 3.14. The molecule has 1 unspecified atom stereocenters. The molecular weight excluding hydrogens is 130 g/mol. The van der Waals surface area contributed by atoms with Gasteiger partial charge in [0, 0.05) is 11.6 Å². The van der Waals surface area contributed by atoms with E-state index in [2.05, 4.69) is 6.58 Å². The van der Waals surface area contributed by atoms with Crippen LogP contribution < -0.4 is 5.73 Å². The fraction of sp³-hybridized carbons (Fsp3) is 0.571. The fourth-order valence-corrected chi connectivity index (χ4v) is 0.545. The predicted octanol–water partition coefficient (Wildman–Crippen LogP) is 0.611. The molecule has 0 rings (SSSR count). The Labute approximate surface area is 60.5 Å². The molecule has 0 bridgehead atoms. The Morgan fingerprint density at radius 1 is 1.60 bits per heavy atom. The van der Waals surface area contributed by atoms with Crippen molar-refractivity contribution in [2.75, 3.05) is 0 Å². The summed E-state index contributed by atoms with van der Waals surface area (Å²) in [7, 11) is 0. The molecule has 0 saturated carbocycles. The normalized spacial score (nSPS) is 13.2. The quantitative estimate of drug-likeness (QED) is 0.569. The van der Waals surface area contributed by atoms with Crippen LogP contribution in [0.1, 0.15) is 13.8 Å². The summed E-state index contributed by atoms with van der Waals surface area (Å²) in [5, 5.41) is 8.42. The van der Waals surface area contributed by atoms with Crippen molar-refractivity contribution >= 4 is 5.97 Å². The summed E-state index contributed by atoms with van der Waals surface area (Å²) < 4.78 is 0. The summed E-state index contributed by atoms with van der Waals surface area (Å²) in [6.07, 6.45) is 0. The van der Waals surface area contributed by atoms with Gasteiger partial charge < -0.3 is 10.8 Å². The molecule has 1 atom stereocenters. The molecule has 0 aliphatic rings. The first kappa shape index (κ1) is 9.17. The van der Waals surface area contributed by atoms with Gasteiger partial charge in [0.2, 0.25) is 0 Å². The maximum Gasteiger partial charge on any atom is 0.332 e. The van der Waals surface area contributed by atoms with Gasteiger partial charge in [0.15, 0.2) is 0 Å². The predicted molar refractivity (Wildman–Crippen MR) is 39.6 cm³/mol. The number of hydrogen-bond donors (Lipinski definition) is 2. The number of aliphatic carboxylic acids is 1. The van der Waals surface area contributed by atoms with Crippen molar-refractivity contribution in [3.63, 3.8) is 0 Å². The SMILES string of the molecule is C=C(C(=O)O)C(N)C(C)C. The Kier molecular flexibility index (Phi) is 3.09. The van der Waals surface area contributed by atoms with Gasteiger partial charge in [-0.05, 0) is 5.92 Å².